The average molecular weight is 253 g/mol. The fraction of sp³-hybridized carbons (Fsp3) is 0.462. The summed E-state index contributed by atoms with van der Waals surface area (Å²) in [6.07, 6.45) is 3.24. The van der Waals surface area contributed by atoms with Crippen molar-refractivity contribution in [3.63, 3.8) is 0 Å². The first-order valence-electron chi connectivity index (χ1n) is 6.05. The molecular formula is C13H16FNO3. The van der Waals surface area contributed by atoms with Gasteiger partial charge in [0.05, 0.1) is 17.4 Å². The molecule has 2 rings (SSSR count). The number of carboxylic acid groups (broad SMARTS) is 1. The molecule has 0 saturated carbocycles. The van der Waals surface area contributed by atoms with E-state index in [0.717, 1.165) is 31.9 Å². The summed E-state index contributed by atoms with van der Waals surface area (Å²) in [5, 5.41) is 11.7. The van der Waals surface area contributed by atoms with E-state index in [1.807, 2.05) is 0 Å². The van der Waals surface area contributed by atoms with Crippen LogP contribution in [0.3, 0.4) is 0 Å². The molecule has 0 aliphatic carbocycles. The maximum absolute atomic E-state index is 13.6. The summed E-state index contributed by atoms with van der Waals surface area (Å²) in [5.41, 5.74) is 0.287. The number of aromatic carboxylic acids is 1. The SMILES string of the molecule is O=C(O)c1ccc(NCCC2CCCO2)c(F)c1. The summed E-state index contributed by atoms with van der Waals surface area (Å²) in [6, 6.07) is 3.87. The smallest absolute Gasteiger partial charge is 0.335 e. The van der Waals surface area contributed by atoms with Crippen molar-refractivity contribution in [2.75, 3.05) is 18.5 Å². The lowest BCUT2D eigenvalue weighted by Crippen LogP contribution is -2.13. The third-order valence-corrected chi connectivity index (χ3v) is 3.02. The Bertz CT molecular complexity index is 430. The first-order chi connectivity index (χ1) is 8.66. The summed E-state index contributed by atoms with van der Waals surface area (Å²) in [6.45, 7) is 1.43. The Hall–Kier alpha value is -1.62. The van der Waals surface area contributed by atoms with Gasteiger partial charge in [-0.25, -0.2) is 9.18 Å². The Balaban J connectivity index is 1.87. The first-order valence-corrected chi connectivity index (χ1v) is 6.05. The van der Waals surface area contributed by atoms with Gasteiger partial charge in [0.1, 0.15) is 5.82 Å². The van der Waals surface area contributed by atoms with Gasteiger partial charge in [0, 0.05) is 13.2 Å². The van der Waals surface area contributed by atoms with Crippen molar-refractivity contribution in [2.24, 2.45) is 0 Å². The van der Waals surface area contributed by atoms with Crippen LogP contribution in [0.4, 0.5) is 10.1 Å². The molecule has 0 spiro atoms. The van der Waals surface area contributed by atoms with Crippen molar-refractivity contribution >= 4 is 11.7 Å². The number of carboxylic acids is 1. The topological polar surface area (TPSA) is 58.6 Å². The van der Waals surface area contributed by atoms with E-state index < -0.39 is 11.8 Å². The number of carbonyl (C=O) groups is 1. The molecule has 1 unspecified atom stereocenters. The summed E-state index contributed by atoms with van der Waals surface area (Å²) < 4.78 is 19.0. The van der Waals surface area contributed by atoms with Crippen LogP contribution in [-0.4, -0.2) is 30.3 Å². The number of ether oxygens (including phenoxy) is 1. The number of nitrogens with one attached hydrogen (secondary N) is 1. The Kier molecular flexibility index (Phi) is 4.15. The van der Waals surface area contributed by atoms with E-state index >= 15 is 0 Å². The van der Waals surface area contributed by atoms with Crippen LogP contribution >= 0.6 is 0 Å². The molecule has 1 heterocycles. The predicted molar refractivity (Wildman–Crippen MR) is 65.4 cm³/mol. The molecular weight excluding hydrogens is 237 g/mol. The van der Waals surface area contributed by atoms with Crippen LogP contribution in [0.15, 0.2) is 18.2 Å². The van der Waals surface area contributed by atoms with Gasteiger partial charge in [0.2, 0.25) is 0 Å². The number of rotatable bonds is 5. The van der Waals surface area contributed by atoms with Gasteiger partial charge in [-0.15, -0.1) is 0 Å². The van der Waals surface area contributed by atoms with Crippen LogP contribution in [0.5, 0.6) is 0 Å². The molecule has 0 bridgehead atoms. The molecule has 4 nitrogen and oxygen atoms in total. The summed E-state index contributed by atoms with van der Waals surface area (Å²) in [5.74, 6) is -1.66. The third kappa shape index (κ3) is 3.20. The quantitative estimate of drug-likeness (QED) is 0.846. The van der Waals surface area contributed by atoms with Gasteiger partial charge in [0.25, 0.3) is 0 Å². The molecule has 0 radical (unpaired) electrons. The van der Waals surface area contributed by atoms with E-state index in [-0.39, 0.29) is 11.7 Å². The highest BCUT2D eigenvalue weighted by Crippen LogP contribution is 2.18. The second-order valence-electron chi connectivity index (χ2n) is 4.35. The molecule has 18 heavy (non-hydrogen) atoms. The van der Waals surface area contributed by atoms with Crippen molar-refractivity contribution in [3.8, 4) is 0 Å². The van der Waals surface area contributed by atoms with E-state index in [1.54, 1.807) is 0 Å². The van der Waals surface area contributed by atoms with Gasteiger partial charge in [-0.2, -0.15) is 0 Å². The molecule has 1 saturated heterocycles. The predicted octanol–water partition coefficient (Wildman–Crippen LogP) is 2.50. The molecule has 1 fully saturated rings. The minimum absolute atomic E-state index is 0.0443. The minimum atomic E-state index is -1.13. The van der Waals surface area contributed by atoms with E-state index in [9.17, 15) is 9.18 Å². The fourth-order valence-corrected chi connectivity index (χ4v) is 2.03. The number of hydrogen-bond donors (Lipinski definition) is 2. The van der Waals surface area contributed by atoms with E-state index in [2.05, 4.69) is 5.32 Å². The largest absolute Gasteiger partial charge is 0.478 e. The van der Waals surface area contributed by atoms with Crippen LogP contribution in [0.1, 0.15) is 29.6 Å². The minimum Gasteiger partial charge on any atom is -0.478 e. The zero-order valence-corrected chi connectivity index (χ0v) is 9.99. The number of anilines is 1. The number of benzene rings is 1. The van der Waals surface area contributed by atoms with Crippen molar-refractivity contribution in [3.05, 3.63) is 29.6 Å². The van der Waals surface area contributed by atoms with Gasteiger partial charge >= 0.3 is 5.97 Å². The standard InChI is InChI=1S/C13H16FNO3/c14-11-8-9(13(16)17)3-4-12(11)15-6-5-10-2-1-7-18-10/h3-4,8,10,15H,1-2,5-7H2,(H,16,17). The Morgan fingerprint density at radius 2 is 2.39 bits per heavy atom. The summed E-state index contributed by atoms with van der Waals surface area (Å²) in [4.78, 5) is 10.6. The first kappa shape index (κ1) is 12.8. The third-order valence-electron chi connectivity index (χ3n) is 3.02. The summed E-state index contributed by atoms with van der Waals surface area (Å²) >= 11 is 0. The van der Waals surface area contributed by atoms with Crippen LogP contribution in [-0.2, 0) is 4.74 Å². The Labute approximate surface area is 105 Å². The molecule has 1 atom stereocenters. The molecule has 2 N–H and O–H groups in total. The Morgan fingerprint density at radius 3 is 3.00 bits per heavy atom. The molecule has 98 valence electrons. The zero-order valence-electron chi connectivity index (χ0n) is 9.99. The summed E-state index contributed by atoms with van der Waals surface area (Å²) in [7, 11) is 0. The average Bonchev–Trinajstić information content (AvgIpc) is 2.84. The second-order valence-corrected chi connectivity index (χ2v) is 4.35. The second kappa shape index (κ2) is 5.82. The van der Waals surface area contributed by atoms with Crippen LogP contribution in [0, 0.1) is 5.82 Å². The van der Waals surface area contributed by atoms with Gasteiger partial charge < -0.3 is 15.2 Å². The van der Waals surface area contributed by atoms with Crippen molar-refractivity contribution in [2.45, 2.75) is 25.4 Å². The maximum atomic E-state index is 13.6. The van der Waals surface area contributed by atoms with Gasteiger partial charge in [-0.3, -0.25) is 0 Å². The highest BCUT2D eigenvalue weighted by Gasteiger charge is 2.15. The normalized spacial score (nSPS) is 18.8. The van der Waals surface area contributed by atoms with Crippen LogP contribution in [0.25, 0.3) is 0 Å². The molecule has 1 aromatic carbocycles. The number of halogens is 1. The molecule has 1 aromatic rings. The lowest BCUT2D eigenvalue weighted by atomic mass is 10.1. The monoisotopic (exact) mass is 253 g/mol. The van der Waals surface area contributed by atoms with Gasteiger partial charge in [-0.1, -0.05) is 0 Å². The van der Waals surface area contributed by atoms with Crippen molar-refractivity contribution < 1.29 is 19.0 Å². The highest BCUT2D eigenvalue weighted by molar-refractivity contribution is 5.88. The Morgan fingerprint density at radius 1 is 1.56 bits per heavy atom. The fourth-order valence-electron chi connectivity index (χ4n) is 2.03. The van der Waals surface area contributed by atoms with Gasteiger partial charge in [0.15, 0.2) is 0 Å². The molecule has 5 heteroatoms. The van der Waals surface area contributed by atoms with Crippen molar-refractivity contribution in [1.29, 1.82) is 0 Å². The molecule has 0 aromatic heterocycles. The lowest BCUT2D eigenvalue weighted by Gasteiger charge is -2.11. The van der Waals surface area contributed by atoms with E-state index in [1.165, 1.54) is 12.1 Å². The van der Waals surface area contributed by atoms with Gasteiger partial charge in [-0.05, 0) is 37.5 Å². The molecule has 0 amide bonds. The molecule has 1 aliphatic heterocycles. The van der Waals surface area contributed by atoms with E-state index in [4.69, 9.17) is 9.84 Å². The van der Waals surface area contributed by atoms with Crippen LogP contribution in [0.2, 0.25) is 0 Å². The maximum Gasteiger partial charge on any atom is 0.335 e. The van der Waals surface area contributed by atoms with Crippen LogP contribution < -0.4 is 5.32 Å². The highest BCUT2D eigenvalue weighted by atomic mass is 19.1. The lowest BCUT2D eigenvalue weighted by molar-refractivity contribution is 0.0696. The molecule has 1 aliphatic rings. The zero-order chi connectivity index (χ0) is 13.0. The number of hydrogen-bond acceptors (Lipinski definition) is 3. The van der Waals surface area contributed by atoms with E-state index in [0.29, 0.717) is 12.2 Å². The van der Waals surface area contributed by atoms with Crippen molar-refractivity contribution in [1.82, 2.24) is 0 Å².